The van der Waals surface area contributed by atoms with Crippen molar-refractivity contribution in [1.29, 1.82) is 0 Å². The third-order valence-corrected chi connectivity index (χ3v) is 5.39. The number of rotatable bonds is 5. The van der Waals surface area contributed by atoms with E-state index in [0.717, 1.165) is 35.6 Å². The van der Waals surface area contributed by atoms with Gasteiger partial charge in [-0.05, 0) is 59.0 Å². The van der Waals surface area contributed by atoms with Crippen molar-refractivity contribution in [2.24, 2.45) is 0 Å². The minimum Gasteiger partial charge on any atom is -0.306 e. The van der Waals surface area contributed by atoms with E-state index < -0.39 is 0 Å². The Morgan fingerprint density at radius 2 is 2.00 bits per heavy atom. The smallest absolute Gasteiger partial charge is 0.306 e. The molecular formula is C18H30N4OS. The molecule has 0 saturated carbocycles. The lowest BCUT2D eigenvalue weighted by atomic mass is 10.1. The molecule has 5 nitrogen and oxygen atoms in total. The zero-order valence-electron chi connectivity index (χ0n) is 15.8. The van der Waals surface area contributed by atoms with Crippen LogP contribution >= 0.6 is 11.5 Å². The summed E-state index contributed by atoms with van der Waals surface area (Å²) in [6.45, 7) is 14.8. The summed E-state index contributed by atoms with van der Waals surface area (Å²) in [5, 5.41) is 0.988. The standard InChI is InChI=1S/C18H30N4OS/c1-7-9-10-11-20-12-21(16-14(3)15(8-2)19-24-16)17(23)22(13-20)18(4,5)6/h7,9H,8,10-13H2,1-6H3/b9-7+. The average Bonchev–Trinajstić information content (AvgIpc) is 2.88. The lowest BCUT2D eigenvalue weighted by molar-refractivity contribution is 0.0646. The fourth-order valence-corrected chi connectivity index (χ4v) is 3.82. The molecule has 0 atom stereocenters. The second-order valence-corrected chi connectivity index (χ2v) is 8.01. The van der Waals surface area contributed by atoms with Gasteiger partial charge in [-0.2, -0.15) is 4.37 Å². The van der Waals surface area contributed by atoms with E-state index in [-0.39, 0.29) is 11.6 Å². The summed E-state index contributed by atoms with van der Waals surface area (Å²) in [6.07, 6.45) is 6.15. The van der Waals surface area contributed by atoms with Gasteiger partial charge in [0, 0.05) is 17.6 Å². The van der Waals surface area contributed by atoms with Gasteiger partial charge in [-0.25, -0.2) is 4.79 Å². The van der Waals surface area contributed by atoms with Crippen molar-refractivity contribution in [2.45, 2.75) is 59.9 Å². The van der Waals surface area contributed by atoms with Crippen LogP contribution in [0.15, 0.2) is 12.2 Å². The van der Waals surface area contributed by atoms with Gasteiger partial charge in [-0.1, -0.05) is 19.1 Å². The fourth-order valence-electron chi connectivity index (χ4n) is 2.87. The minimum absolute atomic E-state index is 0.0826. The number of nitrogens with zero attached hydrogens (tertiary/aromatic N) is 4. The number of aryl methyl sites for hydroxylation is 1. The maximum atomic E-state index is 13.1. The fraction of sp³-hybridized carbons (Fsp3) is 0.667. The van der Waals surface area contributed by atoms with Crippen LogP contribution in [0.5, 0.6) is 0 Å². The van der Waals surface area contributed by atoms with Crippen LogP contribution < -0.4 is 4.90 Å². The van der Waals surface area contributed by atoms with Gasteiger partial charge in [-0.3, -0.25) is 9.80 Å². The lowest BCUT2D eigenvalue weighted by Gasteiger charge is -2.47. The van der Waals surface area contributed by atoms with Gasteiger partial charge in [-0.15, -0.1) is 0 Å². The van der Waals surface area contributed by atoms with Crippen LogP contribution in [0.3, 0.4) is 0 Å². The number of anilines is 1. The number of aromatic nitrogens is 1. The summed E-state index contributed by atoms with van der Waals surface area (Å²) in [4.78, 5) is 19.3. The molecule has 0 bridgehead atoms. The van der Waals surface area contributed by atoms with Crippen LogP contribution in [-0.4, -0.2) is 45.6 Å². The molecule has 134 valence electrons. The van der Waals surface area contributed by atoms with Gasteiger partial charge in [0.2, 0.25) is 0 Å². The van der Waals surface area contributed by atoms with Crippen LogP contribution in [0.1, 0.15) is 52.3 Å². The topological polar surface area (TPSA) is 39.7 Å². The Morgan fingerprint density at radius 1 is 1.29 bits per heavy atom. The van der Waals surface area contributed by atoms with E-state index in [1.165, 1.54) is 11.5 Å². The summed E-state index contributed by atoms with van der Waals surface area (Å²) in [5.41, 5.74) is 2.02. The van der Waals surface area contributed by atoms with Crippen LogP contribution in [0, 0.1) is 6.92 Å². The molecule has 0 aliphatic carbocycles. The van der Waals surface area contributed by atoms with Gasteiger partial charge < -0.3 is 4.90 Å². The highest BCUT2D eigenvalue weighted by Crippen LogP contribution is 2.32. The van der Waals surface area contributed by atoms with E-state index in [2.05, 4.69) is 56.0 Å². The van der Waals surface area contributed by atoms with Gasteiger partial charge >= 0.3 is 6.03 Å². The number of hydrogen-bond acceptors (Lipinski definition) is 4. The maximum Gasteiger partial charge on any atom is 0.327 e. The van der Waals surface area contributed by atoms with Crippen molar-refractivity contribution in [3.63, 3.8) is 0 Å². The first-order chi connectivity index (χ1) is 11.3. The molecule has 0 N–H and O–H groups in total. The van der Waals surface area contributed by atoms with Crippen LogP contribution in [0.4, 0.5) is 9.80 Å². The molecule has 2 amide bonds. The maximum absolute atomic E-state index is 13.1. The Labute approximate surface area is 150 Å². The number of hydrogen-bond donors (Lipinski definition) is 0. The highest BCUT2D eigenvalue weighted by atomic mass is 32.1. The Balaban J connectivity index is 2.29. The Hall–Kier alpha value is -1.40. The Morgan fingerprint density at radius 3 is 2.54 bits per heavy atom. The zero-order valence-corrected chi connectivity index (χ0v) is 16.6. The highest BCUT2D eigenvalue weighted by molar-refractivity contribution is 7.10. The molecule has 1 fully saturated rings. The molecule has 1 aliphatic heterocycles. The number of carbonyl (C=O) groups excluding carboxylic acids is 1. The normalized spacial score (nSPS) is 17.3. The first-order valence-electron chi connectivity index (χ1n) is 8.67. The molecule has 1 aromatic heterocycles. The largest absolute Gasteiger partial charge is 0.327 e. The monoisotopic (exact) mass is 350 g/mol. The van der Waals surface area contributed by atoms with Crippen molar-refractivity contribution < 1.29 is 4.79 Å². The summed E-state index contributed by atoms with van der Waals surface area (Å²) in [6, 6.07) is 0.0826. The van der Waals surface area contributed by atoms with Crippen LogP contribution in [0.2, 0.25) is 0 Å². The number of carbonyl (C=O) groups is 1. The van der Waals surface area contributed by atoms with E-state index >= 15 is 0 Å². The first-order valence-corrected chi connectivity index (χ1v) is 9.44. The molecule has 2 rings (SSSR count). The van der Waals surface area contributed by atoms with E-state index in [0.29, 0.717) is 13.3 Å². The summed E-state index contributed by atoms with van der Waals surface area (Å²) < 4.78 is 4.53. The second kappa shape index (κ2) is 7.66. The van der Waals surface area contributed by atoms with E-state index in [9.17, 15) is 4.79 Å². The molecule has 0 aromatic carbocycles. The van der Waals surface area contributed by atoms with E-state index in [1.54, 1.807) is 0 Å². The second-order valence-electron chi connectivity index (χ2n) is 7.26. The molecule has 1 aliphatic rings. The molecule has 0 unspecified atom stereocenters. The zero-order chi connectivity index (χ0) is 17.9. The minimum atomic E-state index is -0.208. The summed E-state index contributed by atoms with van der Waals surface area (Å²) in [7, 11) is 0. The van der Waals surface area contributed by atoms with Crippen molar-refractivity contribution in [3.8, 4) is 0 Å². The van der Waals surface area contributed by atoms with Crippen LogP contribution in [0.25, 0.3) is 0 Å². The molecule has 2 heterocycles. The predicted octanol–water partition coefficient (Wildman–Crippen LogP) is 4.24. The third kappa shape index (κ3) is 3.98. The molecule has 0 spiro atoms. The lowest BCUT2D eigenvalue weighted by Crippen LogP contribution is -2.63. The van der Waals surface area contributed by atoms with Crippen LogP contribution in [-0.2, 0) is 6.42 Å². The van der Waals surface area contributed by atoms with Crippen molar-refractivity contribution in [2.75, 3.05) is 24.8 Å². The molecule has 1 aromatic rings. The summed E-state index contributed by atoms with van der Waals surface area (Å²) in [5.74, 6) is 0. The number of allylic oxidation sites excluding steroid dienone is 1. The highest BCUT2D eigenvalue weighted by Gasteiger charge is 2.38. The molecule has 0 radical (unpaired) electrons. The molecule has 6 heteroatoms. The molecule has 1 saturated heterocycles. The predicted molar refractivity (Wildman–Crippen MR) is 102 cm³/mol. The van der Waals surface area contributed by atoms with E-state index in [4.69, 9.17) is 0 Å². The number of urea groups is 1. The average molecular weight is 351 g/mol. The first kappa shape index (κ1) is 18.9. The third-order valence-electron chi connectivity index (χ3n) is 4.38. The van der Waals surface area contributed by atoms with Gasteiger partial charge in [0.15, 0.2) is 0 Å². The molecule has 24 heavy (non-hydrogen) atoms. The Bertz CT molecular complexity index is 603. The molecular weight excluding hydrogens is 320 g/mol. The van der Waals surface area contributed by atoms with Gasteiger partial charge in [0.25, 0.3) is 0 Å². The quantitative estimate of drug-likeness (QED) is 0.746. The van der Waals surface area contributed by atoms with E-state index in [1.807, 2.05) is 16.7 Å². The van der Waals surface area contributed by atoms with Crippen molar-refractivity contribution in [3.05, 3.63) is 23.4 Å². The SMILES string of the molecule is C/C=C/CCN1CN(c2snc(CC)c2C)C(=O)N(C(C)(C)C)C1. The van der Waals surface area contributed by atoms with Gasteiger partial charge in [0.05, 0.1) is 19.0 Å². The summed E-state index contributed by atoms with van der Waals surface area (Å²) >= 11 is 1.44. The number of amides is 2. The Kier molecular flexibility index (Phi) is 6.04. The van der Waals surface area contributed by atoms with Crippen molar-refractivity contribution >= 4 is 22.6 Å². The van der Waals surface area contributed by atoms with Crippen molar-refractivity contribution in [1.82, 2.24) is 14.2 Å². The van der Waals surface area contributed by atoms with Gasteiger partial charge in [0.1, 0.15) is 5.00 Å².